The molecule has 5 heteroatoms. The molecule has 1 aromatic rings. The van der Waals surface area contributed by atoms with Crippen molar-refractivity contribution in [2.24, 2.45) is 0 Å². The van der Waals surface area contributed by atoms with Crippen molar-refractivity contribution in [1.29, 1.82) is 0 Å². The van der Waals surface area contributed by atoms with E-state index in [1.165, 1.54) is 12.5 Å². The van der Waals surface area contributed by atoms with Crippen LogP contribution in [-0.4, -0.2) is 33.3 Å². The molecule has 3 N–H and O–H groups in total. The topological polar surface area (TPSA) is 86.2 Å². The Balaban J connectivity index is 0. The largest absolute Gasteiger partial charge is 0.481 e. The van der Waals surface area contributed by atoms with Gasteiger partial charge < -0.3 is 15.2 Å². The quantitative estimate of drug-likeness (QED) is 0.636. The van der Waals surface area contributed by atoms with Crippen LogP contribution in [0.5, 0.6) is 0 Å². The number of carboxylic acid groups (broad SMARTS) is 1. The number of hydrogen-bond acceptors (Lipinski definition) is 3. The molecule has 0 spiro atoms. The summed E-state index contributed by atoms with van der Waals surface area (Å²) >= 11 is 0. The molecule has 0 bridgehead atoms. The van der Waals surface area contributed by atoms with Crippen molar-refractivity contribution >= 4 is 5.97 Å². The van der Waals surface area contributed by atoms with E-state index in [1.807, 2.05) is 13.8 Å². The van der Waals surface area contributed by atoms with Crippen molar-refractivity contribution < 1.29 is 15.0 Å². The number of carbonyl (C=O) groups is 1. The first kappa shape index (κ1) is 14.2. The fraction of sp³-hybridized carbons (Fsp3) is 0.500. The predicted octanol–water partition coefficient (Wildman–Crippen LogP) is 0.671. The molecule has 5 nitrogen and oxygen atoms in total. The molecular formula is C8H16N2O3. The highest BCUT2D eigenvalue weighted by Crippen LogP contribution is 1.90. The van der Waals surface area contributed by atoms with Gasteiger partial charge in [0.2, 0.25) is 0 Å². The number of hydrogen-bond donors (Lipinski definition) is 3. The summed E-state index contributed by atoms with van der Waals surface area (Å²) in [6, 6.07) is 0. The minimum absolute atomic E-state index is 0.0139. The van der Waals surface area contributed by atoms with E-state index in [9.17, 15) is 4.79 Å². The molecule has 0 radical (unpaired) electrons. The first-order valence-electron chi connectivity index (χ1n) is 3.93. The summed E-state index contributed by atoms with van der Waals surface area (Å²) in [6.07, 6.45) is 2.96. The highest BCUT2D eigenvalue weighted by Gasteiger charge is 1.98. The fourth-order valence-corrected chi connectivity index (χ4v) is 0.544. The number of aliphatic carboxylic acids is 1. The van der Waals surface area contributed by atoms with Crippen LogP contribution in [-0.2, 0) is 11.2 Å². The Kier molecular flexibility index (Phi) is 11.6. The Morgan fingerprint density at radius 3 is 2.38 bits per heavy atom. The lowest BCUT2D eigenvalue weighted by Gasteiger charge is -1.85. The van der Waals surface area contributed by atoms with Crippen molar-refractivity contribution in [2.45, 2.75) is 20.3 Å². The number of aromatic amines is 1. The third-order valence-corrected chi connectivity index (χ3v) is 0.897. The van der Waals surface area contributed by atoms with Crippen molar-refractivity contribution in [1.82, 2.24) is 9.97 Å². The number of aliphatic hydroxyl groups excluding tert-OH is 1. The second-order valence-electron chi connectivity index (χ2n) is 1.65. The van der Waals surface area contributed by atoms with Gasteiger partial charge in [0, 0.05) is 19.0 Å². The van der Waals surface area contributed by atoms with Gasteiger partial charge in [0.15, 0.2) is 0 Å². The fourth-order valence-electron chi connectivity index (χ4n) is 0.544. The molecule has 0 saturated carbocycles. The van der Waals surface area contributed by atoms with Gasteiger partial charge in [-0.3, -0.25) is 4.79 Å². The zero-order valence-electron chi connectivity index (χ0n) is 8.11. The molecule has 0 fully saturated rings. The molecular weight excluding hydrogens is 172 g/mol. The van der Waals surface area contributed by atoms with Crippen LogP contribution in [0.1, 0.15) is 19.5 Å². The zero-order chi connectivity index (χ0) is 10.7. The van der Waals surface area contributed by atoms with Gasteiger partial charge in [0.25, 0.3) is 0 Å². The van der Waals surface area contributed by atoms with Crippen molar-refractivity contribution in [3.05, 3.63) is 18.2 Å². The molecule has 0 aliphatic rings. The van der Waals surface area contributed by atoms with E-state index in [1.54, 1.807) is 0 Å². The summed E-state index contributed by atoms with van der Waals surface area (Å²) in [5.74, 6) is -0.848. The molecule has 1 heterocycles. The number of carboxylic acids is 1. The van der Waals surface area contributed by atoms with Gasteiger partial charge in [0.05, 0.1) is 12.7 Å². The monoisotopic (exact) mass is 188 g/mol. The number of aromatic nitrogens is 2. The lowest BCUT2D eigenvalue weighted by atomic mass is 10.3. The molecule has 0 atom stereocenters. The standard InChI is InChI=1S/C5H6N2O2.C2H6.CH4O/c8-5(9)1-4-2-6-3-7-4;2*1-2/h2-3H,1H2,(H,6,7)(H,8,9);1-2H3;2H,1H3. The summed E-state index contributed by atoms with van der Waals surface area (Å²) in [5.41, 5.74) is 0.627. The zero-order valence-corrected chi connectivity index (χ0v) is 8.11. The SMILES string of the molecule is CC.CO.O=C(O)Cc1cnc[nH]1. The van der Waals surface area contributed by atoms with Crippen LogP contribution in [0, 0.1) is 0 Å². The van der Waals surface area contributed by atoms with Crippen molar-refractivity contribution in [3.63, 3.8) is 0 Å². The smallest absolute Gasteiger partial charge is 0.309 e. The van der Waals surface area contributed by atoms with Gasteiger partial charge in [-0.25, -0.2) is 4.98 Å². The van der Waals surface area contributed by atoms with Gasteiger partial charge in [-0.1, -0.05) is 13.8 Å². The molecule has 0 saturated heterocycles. The second-order valence-corrected chi connectivity index (χ2v) is 1.65. The van der Waals surface area contributed by atoms with E-state index in [4.69, 9.17) is 10.2 Å². The molecule has 13 heavy (non-hydrogen) atoms. The third-order valence-electron chi connectivity index (χ3n) is 0.897. The van der Waals surface area contributed by atoms with Crippen LogP contribution in [0.4, 0.5) is 0 Å². The van der Waals surface area contributed by atoms with E-state index in [-0.39, 0.29) is 6.42 Å². The molecule has 0 unspecified atom stereocenters. The average molecular weight is 188 g/mol. The van der Waals surface area contributed by atoms with Crippen LogP contribution in [0.15, 0.2) is 12.5 Å². The average Bonchev–Trinajstić information content (AvgIpc) is 2.63. The van der Waals surface area contributed by atoms with E-state index < -0.39 is 5.97 Å². The third kappa shape index (κ3) is 8.55. The van der Waals surface area contributed by atoms with Gasteiger partial charge in [-0.2, -0.15) is 0 Å². The maximum absolute atomic E-state index is 10.0. The minimum atomic E-state index is -0.848. The Bertz CT molecular complexity index is 197. The summed E-state index contributed by atoms with van der Waals surface area (Å²) in [5, 5.41) is 15.2. The number of imidazole rings is 1. The van der Waals surface area contributed by atoms with E-state index in [0.29, 0.717) is 5.69 Å². The first-order valence-corrected chi connectivity index (χ1v) is 3.93. The summed E-state index contributed by atoms with van der Waals surface area (Å²) in [4.78, 5) is 16.4. The van der Waals surface area contributed by atoms with E-state index in [2.05, 4.69) is 9.97 Å². The molecule has 76 valence electrons. The normalized spacial score (nSPS) is 7.38. The molecule has 0 aromatic carbocycles. The van der Waals surface area contributed by atoms with Gasteiger partial charge in [-0.15, -0.1) is 0 Å². The summed E-state index contributed by atoms with van der Waals surface area (Å²) < 4.78 is 0. The van der Waals surface area contributed by atoms with Gasteiger partial charge in [-0.05, 0) is 0 Å². The van der Waals surface area contributed by atoms with Crippen LogP contribution in [0.25, 0.3) is 0 Å². The lowest BCUT2D eigenvalue weighted by Crippen LogP contribution is -1.99. The molecule has 0 aliphatic carbocycles. The van der Waals surface area contributed by atoms with E-state index in [0.717, 1.165) is 7.11 Å². The number of nitrogens with zero attached hydrogens (tertiary/aromatic N) is 1. The lowest BCUT2D eigenvalue weighted by molar-refractivity contribution is -0.136. The highest BCUT2D eigenvalue weighted by atomic mass is 16.4. The Hall–Kier alpha value is -1.36. The Morgan fingerprint density at radius 1 is 1.54 bits per heavy atom. The minimum Gasteiger partial charge on any atom is -0.481 e. The van der Waals surface area contributed by atoms with Crippen LogP contribution in [0.2, 0.25) is 0 Å². The number of aliphatic hydroxyl groups is 1. The maximum atomic E-state index is 10.0. The predicted molar refractivity (Wildman–Crippen MR) is 49.4 cm³/mol. The summed E-state index contributed by atoms with van der Waals surface area (Å²) in [6.45, 7) is 4.00. The van der Waals surface area contributed by atoms with E-state index >= 15 is 0 Å². The van der Waals surface area contributed by atoms with Gasteiger partial charge in [0.1, 0.15) is 0 Å². The van der Waals surface area contributed by atoms with Crippen LogP contribution in [0.3, 0.4) is 0 Å². The number of rotatable bonds is 2. The second kappa shape index (κ2) is 10.6. The van der Waals surface area contributed by atoms with Crippen LogP contribution >= 0.6 is 0 Å². The number of H-pyrrole nitrogens is 1. The molecule has 1 aromatic heterocycles. The van der Waals surface area contributed by atoms with Crippen molar-refractivity contribution in [3.8, 4) is 0 Å². The van der Waals surface area contributed by atoms with Crippen molar-refractivity contribution in [2.75, 3.05) is 7.11 Å². The molecule has 0 amide bonds. The Morgan fingerprint density at radius 2 is 2.08 bits per heavy atom. The first-order chi connectivity index (χ1) is 6.29. The Labute approximate surface area is 77.4 Å². The number of nitrogens with one attached hydrogen (secondary N) is 1. The molecule has 0 aliphatic heterocycles. The summed E-state index contributed by atoms with van der Waals surface area (Å²) in [7, 11) is 1.00. The van der Waals surface area contributed by atoms with Crippen LogP contribution < -0.4 is 0 Å². The van der Waals surface area contributed by atoms with Gasteiger partial charge >= 0.3 is 5.97 Å². The molecule has 1 rings (SSSR count). The maximum Gasteiger partial charge on any atom is 0.309 e. The highest BCUT2D eigenvalue weighted by molar-refractivity contribution is 5.69.